The van der Waals surface area contributed by atoms with Gasteiger partial charge in [0.05, 0.1) is 12.2 Å². The fourth-order valence-electron chi connectivity index (χ4n) is 4.10. The van der Waals surface area contributed by atoms with Crippen molar-refractivity contribution in [2.24, 2.45) is 0 Å². The van der Waals surface area contributed by atoms with Crippen LogP contribution < -0.4 is 5.43 Å². The van der Waals surface area contributed by atoms with Crippen LogP contribution in [0.1, 0.15) is 47.0 Å². The Kier molecular flexibility index (Phi) is 4.75. The zero-order chi connectivity index (χ0) is 19.8. The summed E-state index contributed by atoms with van der Waals surface area (Å²) in [5.41, 5.74) is 0.106. The molecule has 1 unspecified atom stereocenters. The molecule has 1 atom stereocenters. The van der Waals surface area contributed by atoms with E-state index in [-0.39, 0.29) is 35.4 Å². The number of fused-ring (bicyclic) bond motifs is 2. The fraction of sp³-hybridized carbons (Fsp3) is 0.381. The second-order valence-electron chi connectivity index (χ2n) is 7.12. The van der Waals surface area contributed by atoms with E-state index in [4.69, 9.17) is 4.74 Å². The number of rotatable bonds is 3. The minimum Gasteiger partial charge on any atom is -0.462 e. The summed E-state index contributed by atoms with van der Waals surface area (Å²) >= 11 is 0. The Hall–Kier alpha value is -2.96. The van der Waals surface area contributed by atoms with Gasteiger partial charge in [-0.2, -0.15) is 0 Å². The highest BCUT2D eigenvalue weighted by Crippen LogP contribution is 2.31. The molecule has 0 N–H and O–H groups in total. The van der Waals surface area contributed by atoms with Gasteiger partial charge in [-0.1, -0.05) is 12.1 Å². The molecule has 0 bridgehead atoms. The first-order valence-corrected chi connectivity index (χ1v) is 9.52. The van der Waals surface area contributed by atoms with Gasteiger partial charge in [0.1, 0.15) is 17.1 Å². The fourth-order valence-corrected chi connectivity index (χ4v) is 4.10. The molecular weight excluding hydrogens is 363 g/mol. The lowest BCUT2D eigenvalue weighted by molar-refractivity contribution is 0.0491. The third-order valence-electron chi connectivity index (χ3n) is 5.41. The Morgan fingerprint density at radius 3 is 2.68 bits per heavy atom. The van der Waals surface area contributed by atoms with Crippen LogP contribution in [0.4, 0.5) is 4.39 Å². The summed E-state index contributed by atoms with van der Waals surface area (Å²) < 4.78 is 20.1. The van der Waals surface area contributed by atoms with E-state index in [1.54, 1.807) is 11.5 Å². The van der Waals surface area contributed by atoms with Crippen molar-refractivity contribution in [1.29, 1.82) is 0 Å². The minimum absolute atomic E-state index is 0.0485. The van der Waals surface area contributed by atoms with Crippen molar-refractivity contribution >= 4 is 11.9 Å². The maximum atomic E-state index is 13.4. The molecular formula is C21H21FN2O4. The SMILES string of the molecule is CCOC(=O)c1cn2c(c(-c3ccc(F)cc3)c1=O)C(=O)N1CCCCC1C2. The third-order valence-corrected chi connectivity index (χ3v) is 5.41. The maximum absolute atomic E-state index is 13.4. The normalized spacial score (nSPS) is 18.4. The summed E-state index contributed by atoms with van der Waals surface area (Å²) in [5, 5.41) is 0. The number of hydrogen-bond donors (Lipinski definition) is 0. The van der Waals surface area contributed by atoms with Crippen molar-refractivity contribution < 1.29 is 18.7 Å². The van der Waals surface area contributed by atoms with Crippen LogP contribution in [0.2, 0.25) is 0 Å². The molecule has 0 saturated carbocycles. The molecule has 7 heteroatoms. The van der Waals surface area contributed by atoms with Crippen LogP contribution in [-0.2, 0) is 11.3 Å². The lowest BCUT2D eigenvalue weighted by Crippen LogP contribution is -2.51. The molecule has 1 saturated heterocycles. The largest absolute Gasteiger partial charge is 0.462 e. The minimum atomic E-state index is -0.718. The Morgan fingerprint density at radius 2 is 1.96 bits per heavy atom. The summed E-state index contributed by atoms with van der Waals surface area (Å²) in [6.07, 6.45) is 4.29. The van der Waals surface area contributed by atoms with Crippen LogP contribution in [0.15, 0.2) is 35.3 Å². The summed E-state index contributed by atoms with van der Waals surface area (Å²) in [7, 11) is 0. The van der Waals surface area contributed by atoms with Crippen molar-refractivity contribution in [2.75, 3.05) is 13.2 Å². The highest BCUT2D eigenvalue weighted by Gasteiger charge is 2.37. The molecule has 0 aliphatic carbocycles. The smallest absolute Gasteiger partial charge is 0.343 e. The zero-order valence-corrected chi connectivity index (χ0v) is 15.6. The zero-order valence-electron chi connectivity index (χ0n) is 15.6. The number of aromatic nitrogens is 1. The van der Waals surface area contributed by atoms with Crippen molar-refractivity contribution in [2.45, 2.75) is 38.8 Å². The summed E-state index contributed by atoms with van der Waals surface area (Å²) in [4.78, 5) is 40.6. The summed E-state index contributed by atoms with van der Waals surface area (Å²) in [5.74, 6) is -1.38. The van der Waals surface area contributed by atoms with Crippen molar-refractivity contribution in [3.8, 4) is 11.1 Å². The standard InChI is InChI=1S/C21H21FN2O4/c1-2-28-21(27)16-12-23-11-15-5-3-4-10-24(15)20(26)18(23)17(19(16)25)13-6-8-14(22)9-7-13/h6-9,12,15H,2-5,10-11H2,1H3. The molecule has 1 aromatic heterocycles. The number of hydrogen-bond acceptors (Lipinski definition) is 4. The number of pyridine rings is 1. The highest BCUT2D eigenvalue weighted by atomic mass is 19.1. The molecule has 1 aromatic carbocycles. The van der Waals surface area contributed by atoms with E-state index < -0.39 is 17.2 Å². The van der Waals surface area contributed by atoms with Gasteiger partial charge in [-0.3, -0.25) is 9.59 Å². The molecule has 0 spiro atoms. The Balaban J connectivity index is 1.96. The number of carbonyl (C=O) groups excluding carboxylic acids is 2. The lowest BCUT2D eigenvalue weighted by Gasteiger charge is -2.41. The van der Waals surface area contributed by atoms with Gasteiger partial charge in [0.2, 0.25) is 5.43 Å². The predicted molar refractivity (Wildman–Crippen MR) is 101 cm³/mol. The molecule has 1 amide bonds. The van der Waals surface area contributed by atoms with Gasteiger partial charge in [0.25, 0.3) is 5.91 Å². The maximum Gasteiger partial charge on any atom is 0.343 e. The van der Waals surface area contributed by atoms with E-state index in [0.717, 1.165) is 19.3 Å². The van der Waals surface area contributed by atoms with Crippen LogP contribution in [-0.4, -0.2) is 40.5 Å². The molecule has 6 nitrogen and oxygen atoms in total. The number of amides is 1. The van der Waals surface area contributed by atoms with Gasteiger partial charge in [-0.15, -0.1) is 0 Å². The third kappa shape index (κ3) is 3.00. The Labute approximate surface area is 161 Å². The first-order valence-electron chi connectivity index (χ1n) is 9.52. The topological polar surface area (TPSA) is 68.6 Å². The Bertz CT molecular complexity index is 997. The van der Waals surface area contributed by atoms with E-state index in [0.29, 0.717) is 18.7 Å². The quantitative estimate of drug-likeness (QED) is 0.763. The second kappa shape index (κ2) is 7.22. The van der Waals surface area contributed by atoms with Crippen molar-refractivity contribution in [3.63, 3.8) is 0 Å². The number of nitrogens with zero attached hydrogens (tertiary/aromatic N) is 2. The molecule has 2 aromatic rings. The predicted octanol–water partition coefficient (Wildman–Crippen LogP) is 2.84. The lowest BCUT2D eigenvalue weighted by atomic mass is 9.94. The van der Waals surface area contributed by atoms with Crippen LogP contribution in [0.3, 0.4) is 0 Å². The van der Waals surface area contributed by atoms with Crippen molar-refractivity contribution in [1.82, 2.24) is 9.47 Å². The van der Waals surface area contributed by atoms with E-state index in [9.17, 15) is 18.8 Å². The number of halogens is 1. The first-order chi connectivity index (χ1) is 13.5. The van der Waals surface area contributed by atoms with Gasteiger partial charge in [-0.05, 0) is 43.9 Å². The van der Waals surface area contributed by atoms with Crippen LogP contribution >= 0.6 is 0 Å². The number of piperidine rings is 1. The molecule has 4 rings (SSSR count). The monoisotopic (exact) mass is 384 g/mol. The number of carbonyl (C=O) groups is 2. The number of esters is 1. The molecule has 146 valence electrons. The van der Waals surface area contributed by atoms with E-state index in [1.165, 1.54) is 30.5 Å². The van der Waals surface area contributed by atoms with Gasteiger partial charge < -0.3 is 14.2 Å². The average Bonchev–Trinajstić information content (AvgIpc) is 2.69. The molecule has 0 radical (unpaired) electrons. The average molecular weight is 384 g/mol. The number of ether oxygens (including phenoxy) is 1. The van der Waals surface area contributed by atoms with E-state index >= 15 is 0 Å². The van der Waals surface area contributed by atoms with Gasteiger partial charge >= 0.3 is 5.97 Å². The molecule has 1 fully saturated rings. The second-order valence-corrected chi connectivity index (χ2v) is 7.12. The van der Waals surface area contributed by atoms with E-state index in [2.05, 4.69) is 0 Å². The number of benzene rings is 1. The Morgan fingerprint density at radius 1 is 1.21 bits per heavy atom. The molecule has 2 aliphatic heterocycles. The first kappa shape index (κ1) is 18.4. The van der Waals surface area contributed by atoms with Gasteiger partial charge in [0, 0.05) is 25.3 Å². The molecule has 3 heterocycles. The van der Waals surface area contributed by atoms with Gasteiger partial charge in [0.15, 0.2) is 0 Å². The highest BCUT2D eigenvalue weighted by molar-refractivity contribution is 6.02. The molecule has 2 aliphatic rings. The van der Waals surface area contributed by atoms with Crippen molar-refractivity contribution in [3.05, 3.63) is 57.8 Å². The van der Waals surface area contributed by atoms with Crippen LogP contribution in [0.25, 0.3) is 11.1 Å². The van der Waals surface area contributed by atoms with E-state index in [1.807, 2.05) is 4.90 Å². The summed E-state index contributed by atoms with van der Waals surface area (Å²) in [6, 6.07) is 5.43. The van der Waals surface area contributed by atoms with Crippen LogP contribution in [0, 0.1) is 5.82 Å². The van der Waals surface area contributed by atoms with Gasteiger partial charge in [-0.25, -0.2) is 9.18 Å². The summed E-state index contributed by atoms with van der Waals surface area (Å²) in [6.45, 7) is 2.97. The van der Waals surface area contributed by atoms with Crippen LogP contribution in [0.5, 0.6) is 0 Å². The molecule has 28 heavy (non-hydrogen) atoms.